The van der Waals surface area contributed by atoms with Gasteiger partial charge in [-0.2, -0.15) is 9.50 Å². The molecule has 2 aromatic heterocycles. The predicted molar refractivity (Wildman–Crippen MR) is 79.4 cm³/mol. The molecule has 0 fully saturated rings. The van der Waals surface area contributed by atoms with Crippen LogP contribution in [0.3, 0.4) is 0 Å². The zero-order valence-corrected chi connectivity index (χ0v) is 11.8. The third-order valence-corrected chi connectivity index (χ3v) is 3.89. The van der Waals surface area contributed by atoms with Crippen LogP contribution in [0.5, 0.6) is 0 Å². The molecule has 2 N–H and O–H groups in total. The maximum Gasteiger partial charge on any atom is 0.279 e. The molecule has 2 heterocycles. The fourth-order valence-electron chi connectivity index (χ4n) is 2.81. The number of rotatable bonds is 3. The summed E-state index contributed by atoms with van der Waals surface area (Å²) in [6.45, 7) is 0.251. The maximum atomic E-state index is 13.6. The maximum absolute atomic E-state index is 13.6. The Balaban J connectivity index is 1.65. The average Bonchev–Trinajstić information content (AvgIpc) is 3.13. The summed E-state index contributed by atoms with van der Waals surface area (Å²) in [4.78, 5) is 19.8. The second-order valence-electron chi connectivity index (χ2n) is 5.34. The van der Waals surface area contributed by atoms with Crippen molar-refractivity contribution in [1.82, 2.24) is 19.6 Å². The molecule has 4 rings (SSSR count). The van der Waals surface area contributed by atoms with E-state index < -0.39 is 0 Å². The molecule has 0 atom stereocenters. The van der Waals surface area contributed by atoms with Gasteiger partial charge >= 0.3 is 0 Å². The summed E-state index contributed by atoms with van der Waals surface area (Å²) in [7, 11) is 0. The van der Waals surface area contributed by atoms with Gasteiger partial charge in [0.25, 0.3) is 5.56 Å². The molecule has 3 aromatic rings. The van der Waals surface area contributed by atoms with E-state index in [1.165, 1.54) is 10.6 Å². The first-order chi connectivity index (χ1) is 10.7. The molecule has 0 unspecified atom stereocenters. The van der Waals surface area contributed by atoms with Crippen LogP contribution in [0.2, 0.25) is 0 Å². The summed E-state index contributed by atoms with van der Waals surface area (Å²) in [6.07, 6.45) is 2.63. The molecule has 6 nitrogen and oxygen atoms in total. The van der Waals surface area contributed by atoms with Crippen LogP contribution in [0.15, 0.2) is 29.1 Å². The zero-order valence-electron chi connectivity index (χ0n) is 11.8. The van der Waals surface area contributed by atoms with E-state index in [9.17, 15) is 9.18 Å². The average molecular weight is 299 g/mol. The van der Waals surface area contributed by atoms with Gasteiger partial charge in [-0.15, -0.1) is 5.10 Å². The number of H-pyrrole nitrogens is 1. The van der Waals surface area contributed by atoms with Crippen LogP contribution < -0.4 is 10.9 Å². The molecule has 0 amide bonds. The number of anilines is 1. The van der Waals surface area contributed by atoms with Crippen molar-refractivity contribution in [3.8, 4) is 0 Å². The number of aromatic amines is 1. The van der Waals surface area contributed by atoms with Crippen LogP contribution in [-0.2, 0) is 19.4 Å². The van der Waals surface area contributed by atoms with Crippen molar-refractivity contribution in [3.63, 3.8) is 0 Å². The molecule has 0 radical (unpaired) electrons. The van der Waals surface area contributed by atoms with E-state index in [0.717, 1.165) is 30.5 Å². The Kier molecular flexibility index (Phi) is 2.92. The molecular formula is C15H14FN5O. The van der Waals surface area contributed by atoms with Gasteiger partial charge < -0.3 is 10.3 Å². The van der Waals surface area contributed by atoms with Gasteiger partial charge in [0.1, 0.15) is 5.82 Å². The fourth-order valence-corrected chi connectivity index (χ4v) is 2.81. The molecule has 0 spiro atoms. The zero-order chi connectivity index (χ0) is 15.1. The number of halogens is 1. The van der Waals surface area contributed by atoms with Crippen molar-refractivity contribution in [1.29, 1.82) is 0 Å². The van der Waals surface area contributed by atoms with E-state index in [1.807, 2.05) is 0 Å². The SMILES string of the molecule is O=c1c2c([nH]c3nc(CNc4ccccc4F)nn13)CCC2. The van der Waals surface area contributed by atoms with Crippen LogP contribution >= 0.6 is 0 Å². The van der Waals surface area contributed by atoms with Gasteiger partial charge in [0.05, 0.1) is 12.2 Å². The lowest BCUT2D eigenvalue weighted by molar-refractivity contribution is 0.629. The lowest BCUT2D eigenvalue weighted by Crippen LogP contribution is -2.20. The summed E-state index contributed by atoms with van der Waals surface area (Å²) in [5.41, 5.74) is 2.03. The number of nitrogens with zero attached hydrogens (tertiary/aromatic N) is 3. The van der Waals surface area contributed by atoms with Crippen molar-refractivity contribution in [3.05, 3.63) is 57.5 Å². The highest BCUT2D eigenvalue weighted by Gasteiger charge is 2.19. The Morgan fingerprint density at radius 3 is 3.05 bits per heavy atom. The van der Waals surface area contributed by atoms with Crippen molar-refractivity contribution >= 4 is 11.5 Å². The van der Waals surface area contributed by atoms with E-state index in [2.05, 4.69) is 20.4 Å². The minimum absolute atomic E-state index is 0.106. The second-order valence-corrected chi connectivity index (χ2v) is 5.34. The van der Waals surface area contributed by atoms with Gasteiger partial charge in [-0.1, -0.05) is 12.1 Å². The number of hydrogen-bond acceptors (Lipinski definition) is 4. The number of nitrogens with one attached hydrogen (secondary N) is 2. The molecule has 22 heavy (non-hydrogen) atoms. The summed E-state index contributed by atoms with van der Waals surface area (Å²) in [5.74, 6) is 0.553. The number of para-hydroxylation sites is 1. The van der Waals surface area contributed by atoms with Crippen LogP contribution in [0.1, 0.15) is 23.5 Å². The highest BCUT2D eigenvalue weighted by Crippen LogP contribution is 2.17. The van der Waals surface area contributed by atoms with Gasteiger partial charge in [0, 0.05) is 11.3 Å². The van der Waals surface area contributed by atoms with Crippen molar-refractivity contribution < 1.29 is 4.39 Å². The van der Waals surface area contributed by atoms with Crippen molar-refractivity contribution in [2.45, 2.75) is 25.8 Å². The normalized spacial score (nSPS) is 13.5. The summed E-state index contributed by atoms with van der Waals surface area (Å²) < 4.78 is 14.8. The standard InChI is InChI=1S/C15H14FN5O/c16-10-5-1-2-6-12(10)17-8-13-19-15-18-11-7-3-4-9(11)14(22)21(15)20-13/h1-2,5-6,17H,3-4,7-8H2,(H,18,19,20). The minimum atomic E-state index is -0.332. The van der Waals surface area contributed by atoms with Gasteiger partial charge in [0.2, 0.25) is 5.78 Å². The van der Waals surface area contributed by atoms with E-state index in [0.29, 0.717) is 17.3 Å². The minimum Gasteiger partial charge on any atom is -0.375 e. The topological polar surface area (TPSA) is 75.1 Å². The first kappa shape index (κ1) is 13.0. The first-order valence-corrected chi connectivity index (χ1v) is 7.20. The molecule has 1 aliphatic rings. The van der Waals surface area contributed by atoms with Crippen molar-refractivity contribution in [2.24, 2.45) is 0 Å². The molecule has 112 valence electrons. The number of aryl methyl sites for hydroxylation is 1. The van der Waals surface area contributed by atoms with Crippen LogP contribution in [-0.4, -0.2) is 19.6 Å². The van der Waals surface area contributed by atoms with Crippen molar-refractivity contribution in [2.75, 3.05) is 5.32 Å². The van der Waals surface area contributed by atoms with E-state index in [4.69, 9.17) is 0 Å². The lowest BCUT2D eigenvalue weighted by atomic mass is 10.3. The summed E-state index contributed by atoms with van der Waals surface area (Å²) >= 11 is 0. The van der Waals surface area contributed by atoms with Gasteiger partial charge in [0.15, 0.2) is 5.82 Å². The number of benzene rings is 1. The van der Waals surface area contributed by atoms with Crippen LogP contribution in [0.25, 0.3) is 5.78 Å². The molecule has 0 bridgehead atoms. The van der Waals surface area contributed by atoms with E-state index in [-0.39, 0.29) is 17.9 Å². The number of hydrogen-bond donors (Lipinski definition) is 2. The highest BCUT2D eigenvalue weighted by molar-refractivity contribution is 5.44. The largest absolute Gasteiger partial charge is 0.375 e. The third-order valence-electron chi connectivity index (χ3n) is 3.89. The Morgan fingerprint density at radius 2 is 2.18 bits per heavy atom. The quantitative estimate of drug-likeness (QED) is 0.771. The smallest absolute Gasteiger partial charge is 0.279 e. The molecule has 0 saturated heterocycles. The monoisotopic (exact) mass is 299 g/mol. The Hall–Kier alpha value is -2.70. The predicted octanol–water partition coefficient (Wildman–Crippen LogP) is 1.66. The van der Waals surface area contributed by atoms with Crippen LogP contribution in [0, 0.1) is 5.82 Å². The van der Waals surface area contributed by atoms with Crippen LogP contribution in [0.4, 0.5) is 10.1 Å². The number of fused-ring (bicyclic) bond motifs is 2. The molecule has 0 saturated carbocycles. The molecular weight excluding hydrogens is 285 g/mol. The molecule has 7 heteroatoms. The second kappa shape index (κ2) is 4.94. The fraction of sp³-hybridized carbons (Fsp3) is 0.267. The first-order valence-electron chi connectivity index (χ1n) is 7.20. The molecule has 1 aliphatic carbocycles. The molecule has 1 aromatic carbocycles. The Morgan fingerprint density at radius 1 is 1.32 bits per heavy atom. The van der Waals surface area contributed by atoms with Gasteiger partial charge in [-0.05, 0) is 31.4 Å². The highest BCUT2D eigenvalue weighted by atomic mass is 19.1. The third kappa shape index (κ3) is 2.05. The van der Waals surface area contributed by atoms with Gasteiger partial charge in [-0.25, -0.2) is 4.39 Å². The Bertz CT molecular complexity index is 914. The number of aromatic nitrogens is 4. The van der Waals surface area contributed by atoms with Gasteiger partial charge in [-0.3, -0.25) is 4.79 Å². The summed E-state index contributed by atoms with van der Waals surface area (Å²) in [5, 5.41) is 7.15. The lowest BCUT2D eigenvalue weighted by Gasteiger charge is -2.03. The summed E-state index contributed by atoms with van der Waals surface area (Å²) in [6, 6.07) is 6.40. The molecule has 0 aliphatic heterocycles. The Labute approximate surface area is 125 Å². The van der Waals surface area contributed by atoms with E-state index in [1.54, 1.807) is 18.2 Å². The van der Waals surface area contributed by atoms with E-state index >= 15 is 0 Å².